The zero-order chi connectivity index (χ0) is 12.5. The molecule has 0 unspecified atom stereocenters. The average Bonchev–Trinajstić information content (AvgIpc) is 2.36. The quantitative estimate of drug-likeness (QED) is 0.500. The molecule has 0 aromatic rings. The van der Waals surface area contributed by atoms with E-state index in [0.717, 1.165) is 6.42 Å². The van der Waals surface area contributed by atoms with Crippen molar-refractivity contribution in [3.8, 4) is 0 Å². The smallest absolute Gasteiger partial charge is 0.232 e. The van der Waals surface area contributed by atoms with Crippen molar-refractivity contribution in [1.29, 1.82) is 0 Å². The standard InChI is InChI=1S/C11H20N2O4/c1-16-6-2-3-12-10(14)9-11(15)13-4-7-17-8-5-13/h2-9H2,1H3,(H,12,14). The van der Waals surface area contributed by atoms with Crippen LogP contribution < -0.4 is 5.32 Å². The Balaban J connectivity index is 2.14. The van der Waals surface area contributed by atoms with Crippen molar-refractivity contribution in [3.63, 3.8) is 0 Å². The van der Waals surface area contributed by atoms with Gasteiger partial charge in [0.2, 0.25) is 11.8 Å². The summed E-state index contributed by atoms with van der Waals surface area (Å²) < 4.78 is 10.00. The number of nitrogens with zero attached hydrogens (tertiary/aromatic N) is 1. The van der Waals surface area contributed by atoms with Crippen LogP contribution in [0.2, 0.25) is 0 Å². The van der Waals surface area contributed by atoms with Gasteiger partial charge in [-0.25, -0.2) is 0 Å². The minimum Gasteiger partial charge on any atom is -0.385 e. The molecule has 1 aliphatic heterocycles. The molecule has 98 valence electrons. The Bertz CT molecular complexity index is 252. The second kappa shape index (κ2) is 8.03. The maximum Gasteiger partial charge on any atom is 0.232 e. The molecule has 0 spiro atoms. The Morgan fingerprint density at radius 3 is 2.71 bits per heavy atom. The molecule has 0 atom stereocenters. The highest BCUT2D eigenvalue weighted by Crippen LogP contribution is 1.99. The van der Waals surface area contributed by atoms with Crippen LogP contribution in [0.5, 0.6) is 0 Å². The summed E-state index contributed by atoms with van der Waals surface area (Å²) in [4.78, 5) is 24.8. The fourth-order valence-corrected chi connectivity index (χ4v) is 1.57. The van der Waals surface area contributed by atoms with Gasteiger partial charge in [0.15, 0.2) is 0 Å². The van der Waals surface area contributed by atoms with E-state index in [2.05, 4.69) is 5.32 Å². The number of ether oxygens (including phenoxy) is 2. The highest BCUT2D eigenvalue weighted by Gasteiger charge is 2.19. The van der Waals surface area contributed by atoms with Crippen LogP contribution in [0.25, 0.3) is 0 Å². The predicted octanol–water partition coefficient (Wildman–Crippen LogP) is -0.612. The average molecular weight is 244 g/mol. The molecule has 6 heteroatoms. The number of rotatable bonds is 6. The molecular formula is C11H20N2O4. The van der Waals surface area contributed by atoms with Crippen molar-refractivity contribution in [3.05, 3.63) is 0 Å². The van der Waals surface area contributed by atoms with Crippen molar-refractivity contribution in [2.24, 2.45) is 0 Å². The molecule has 0 aromatic carbocycles. The molecule has 6 nitrogen and oxygen atoms in total. The van der Waals surface area contributed by atoms with Gasteiger partial charge in [0, 0.05) is 33.4 Å². The van der Waals surface area contributed by atoms with E-state index in [4.69, 9.17) is 9.47 Å². The van der Waals surface area contributed by atoms with Crippen LogP contribution in [0.3, 0.4) is 0 Å². The number of methoxy groups -OCH3 is 1. The van der Waals surface area contributed by atoms with Gasteiger partial charge < -0.3 is 19.7 Å². The van der Waals surface area contributed by atoms with Crippen LogP contribution in [0.1, 0.15) is 12.8 Å². The summed E-state index contributed by atoms with van der Waals surface area (Å²) in [6.07, 6.45) is 0.682. The fraction of sp³-hybridized carbons (Fsp3) is 0.818. The van der Waals surface area contributed by atoms with Crippen LogP contribution >= 0.6 is 0 Å². The van der Waals surface area contributed by atoms with E-state index in [1.165, 1.54) is 0 Å². The second-order valence-corrected chi connectivity index (χ2v) is 3.87. The van der Waals surface area contributed by atoms with Gasteiger partial charge in [-0.15, -0.1) is 0 Å². The monoisotopic (exact) mass is 244 g/mol. The summed E-state index contributed by atoms with van der Waals surface area (Å²) in [6.45, 7) is 3.43. The summed E-state index contributed by atoms with van der Waals surface area (Å²) >= 11 is 0. The Kier molecular flexibility index (Phi) is 6.57. The van der Waals surface area contributed by atoms with Gasteiger partial charge in [-0.2, -0.15) is 0 Å². The first kappa shape index (κ1) is 13.9. The van der Waals surface area contributed by atoms with E-state index in [-0.39, 0.29) is 18.2 Å². The first-order valence-electron chi connectivity index (χ1n) is 5.85. The minimum atomic E-state index is -0.224. The van der Waals surface area contributed by atoms with Crippen LogP contribution in [0.15, 0.2) is 0 Å². The number of carbonyl (C=O) groups is 2. The Labute approximate surface area is 101 Å². The normalized spacial score (nSPS) is 15.7. The highest BCUT2D eigenvalue weighted by molar-refractivity contribution is 5.96. The molecule has 1 saturated heterocycles. The van der Waals surface area contributed by atoms with Gasteiger partial charge in [0.25, 0.3) is 0 Å². The van der Waals surface area contributed by atoms with Crippen molar-refractivity contribution >= 4 is 11.8 Å². The predicted molar refractivity (Wildman–Crippen MR) is 61.5 cm³/mol. The number of carbonyl (C=O) groups excluding carboxylic acids is 2. The number of hydrogen-bond acceptors (Lipinski definition) is 4. The maximum atomic E-state index is 11.7. The summed E-state index contributed by atoms with van der Waals surface area (Å²) in [5.74, 6) is -0.352. The van der Waals surface area contributed by atoms with Gasteiger partial charge in [-0.05, 0) is 6.42 Å². The molecule has 1 fully saturated rings. The van der Waals surface area contributed by atoms with E-state index in [0.29, 0.717) is 39.5 Å². The number of nitrogens with one attached hydrogen (secondary N) is 1. The fourth-order valence-electron chi connectivity index (χ4n) is 1.57. The van der Waals surface area contributed by atoms with E-state index < -0.39 is 0 Å². The minimum absolute atomic E-state index is 0.0764. The third-order valence-electron chi connectivity index (χ3n) is 2.52. The van der Waals surface area contributed by atoms with Gasteiger partial charge in [-0.3, -0.25) is 9.59 Å². The number of hydrogen-bond donors (Lipinski definition) is 1. The molecule has 0 aliphatic carbocycles. The zero-order valence-electron chi connectivity index (χ0n) is 10.2. The third kappa shape index (κ3) is 5.65. The first-order valence-corrected chi connectivity index (χ1v) is 5.85. The van der Waals surface area contributed by atoms with E-state index >= 15 is 0 Å². The molecule has 1 rings (SSSR count). The third-order valence-corrected chi connectivity index (χ3v) is 2.52. The number of morpholine rings is 1. The lowest BCUT2D eigenvalue weighted by atomic mass is 10.3. The highest BCUT2D eigenvalue weighted by atomic mass is 16.5. The molecule has 17 heavy (non-hydrogen) atoms. The SMILES string of the molecule is COCCCNC(=O)CC(=O)N1CCOCC1. The summed E-state index contributed by atoms with van der Waals surface area (Å²) in [5.41, 5.74) is 0. The Morgan fingerprint density at radius 1 is 1.35 bits per heavy atom. The molecule has 1 aliphatic rings. The molecule has 1 heterocycles. The van der Waals surface area contributed by atoms with Crippen LogP contribution in [-0.4, -0.2) is 63.3 Å². The molecule has 2 amide bonds. The topological polar surface area (TPSA) is 67.9 Å². The van der Waals surface area contributed by atoms with E-state index in [9.17, 15) is 9.59 Å². The molecule has 0 radical (unpaired) electrons. The van der Waals surface area contributed by atoms with Gasteiger partial charge in [0.05, 0.1) is 13.2 Å². The van der Waals surface area contributed by atoms with Crippen molar-refractivity contribution in [2.75, 3.05) is 46.6 Å². The van der Waals surface area contributed by atoms with E-state index in [1.54, 1.807) is 12.0 Å². The molecule has 1 N–H and O–H groups in total. The molecular weight excluding hydrogens is 224 g/mol. The van der Waals surface area contributed by atoms with Gasteiger partial charge in [-0.1, -0.05) is 0 Å². The lowest BCUT2D eigenvalue weighted by Crippen LogP contribution is -2.42. The van der Waals surface area contributed by atoms with Gasteiger partial charge in [0.1, 0.15) is 6.42 Å². The maximum absolute atomic E-state index is 11.7. The lowest BCUT2D eigenvalue weighted by molar-refractivity contribution is -0.139. The molecule has 0 bridgehead atoms. The summed E-state index contributed by atoms with van der Waals surface area (Å²) in [7, 11) is 1.61. The Hall–Kier alpha value is -1.14. The van der Waals surface area contributed by atoms with Gasteiger partial charge >= 0.3 is 0 Å². The molecule has 0 aromatic heterocycles. The van der Waals surface area contributed by atoms with Crippen molar-refractivity contribution < 1.29 is 19.1 Å². The second-order valence-electron chi connectivity index (χ2n) is 3.87. The zero-order valence-corrected chi connectivity index (χ0v) is 10.2. The van der Waals surface area contributed by atoms with E-state index in [1.807, 2.05) is 0 Å². The van der Waals surface area contributed by atoms with Crippen LogP contribution in [0, 0.1) is 0 Å². The van der Waals surface area contributed by atoms with Crippen LogP contribution in [0.4, 0.5) is 0 Å². The summed E-state index contributed by atoms with van der Waals surface area (Å²) in [5, 5.41) is 2.69. The largest absolute Gasteiger partial charge is 0.385 e. The van der Waals surface area contributed by atoms with Crippen LogP contribution in [-0.2, 0) is 19.1 Å². The molecule has 0 saturated carbocycles. The number of amides is 2. The van der Waals surface area contributed by atoms with Crippen molar-refractivity contribution in [1.82, 2.24) is 10.2 Å². The first-order chi connectivity index (χ1) is 8.24. The van der Waals surface area contributed by atoms with Crippen molar-refractivity contribution in [2.45, 2.75) is 12.8 Å². The Morgan fingerprint density at radius 2 is 2.06 bits per heavy atom. The lowest BCUT2D eigenvalue weighted by Gasteiger charge is -2.26. The summed E-state index contributed by atoms with van der Waals surface area (Å²) in [6, 6.07) is 0.